The molecule has 2 rings (SSSR count). The molecule has 0 bridgehead atoms. The zero-order valence-corrected chi connectivity index (χ0v) is 11.7. The van der Waals surface area contributed by atoms with E-state index in [1.165, 1.54) is 11.3 Å². The lowest BCUT2D eigenvalue weighted by Crippen LogP contribution is -2.08. The molecule has 1 N–H and O–H groups in total. The van der Waals surface area contributed by atoms with Crippen molar-refractivity contribution in [2.24, 2.45) is 0 Å². The van der Waals surface area contributed by atoms with E-state index in [2.05, 4.69) is 32.3 Å². The quantitative estimate of drug-likeness (QED) is 0.917. The van der Waals surface area contributed by atoms with Crippen molar-refractivity contribution in [3.8, 4) is 6.07 Å². The molecule has 17 heavy (non-hydrogen) atoms. The molecule has 0 amide bonds. The van der Waals surface area contributed by atoms with Crippen molar-refractivity contribution >= 4 is 44.6 Å². The third-order valence-corrected chi connectivity index (χ3v) is 3.92. The van der Waals surface area contributed by atoms with E-state index < -0.39 is 6.04 Å². The van der Waals surface area contributed by atoms with Gasteiger partial charge in [0.25, 0.3) is 0 Å². The predicted octanol–water partition coefficient (Wildman–Crippen LogP) is 4.24. The van der Waals surface area contributed by atoms with Crippen molar-refractivity contribution in [3.63, 3.8) is 0 Å². The van der Waals surface area contributed by atoms with Crippen LogP contribution in [0, 0.1) is 11.3 Å². The van der Waals surface area contributed by atoms with E-state index in [0.29, 0.717) is 9.34 Å². The Bertz CT molecular complexity index is 564. The predicted molar refractivity (Wildman–Crippen MR) is 73.2 cm³/mol. The Hall–Kier alpha value is -1.09. The molecule has 6 heteroatoms. The number of aromatic nitrogens is 1. The molecule has 1 aromatic carbocycles. The molecule has 0 fully saturated rings. The van der Waals surface area contributed by atoms with Gasteiger partial charge >= 0.3 is 0 Å². The minimum absolute atomic E-state index is 0.494. The largest absolute Gasteiger partial charge is 0.363 e. The Morgan fingerprint density at radius 2 is 2.24 bits per heavy atom. The number of nitrogens with zero attached hydrogens (tertiary/aromatic N) is 2. The van der Waals surface area contributed by atoms with E-state index in [9.17, 15) is 0 Å². The van der Waals surface area contributed by atoms with E-state index in [1.54, 1.807) is 6.20 Å². The van der Waals surface area contributed by atoms with Gasteiger partial charge in [-0.05, 0) is 28.1 Å². The summed E-state index contributed by atoms with van der Waals surface area (Å²) in [5.41, 5.74) is 0.852. The van der Waals surface area contributed by atoms with Gasteiger partial charge in [-0.2, -0.15) is 5.26 Å². The second-order valence-electron chi connectivity index (χ2n) is 3.19. The van der Waals surface area contributed by atoms with Gasteiger partial charge in [0.05, 0.1) is 12.3 Å². The van der Waals surface area contributed by atoms with Crippen LogP contribution in [0.5, 0.6) is 0 Å². The van der Waals surface area contributed by atoms with Gasteiger partial charge in [0.15, 0.2) is 6.04 Å². The van der Waals surface area contributed by atoms with Crippen LogP contribution in [0.15, 0.2) is 34.9 Å². The van der Waals surface area contributed by atoms with Gasteiger partial charge in [-0.3, -0.25) is 0 Å². The highest BCUT2D eigenvalue weighted by atomic mass is 79.9. The van der Waals surface area contributed by atoms with E-state index in [0.717, 1.165) is 10.2 Å². The number of nitriles is 1. The lowest BCUT2D eigenvalue weighted by Gasteiger charge is -2.11. The van der Waals surface area contributed by atoms with Crippen LogP contribution in [0.1, 0.15) is 11.0 Å². The standard InChI is InChI=1S/C11H7BrClN3S/c12-7-3-1-2-4-8(7)16-9(5-14)11-15-6-10(13)17-11/h1-4,6,9,16H. The van der Waals surface area contributed by atoms with Crippen molar-refractivity contribution in [1.82, 2.24) is 4.98 Å². The molecule has 0 aliphatic carbocycles. The van der Waals surface area contributed by atoms with Crippen molar-refractivity contribution in [3.05, 3.63) is 44.3 Å². The van der Waals surface area contributed by atoms with Gasteiger partial charge in [0.2, 0.25) is 0 Å². The lowest BCUT2D eigenvalue weighted by molar-refractivity contribution is 0.973. The summed E-state index contributed by atoms with van der Waals surface area (Å²) in [6.45, 7) is 0. The van der Waals surface area contributed by atoms with E-state index in [-0.39, 0.29) is 0 Å². The number of para-hydroxylation sites is 1. The molecule has 3 nitrogen and oxygen atoms in total. The molecule has 1 aromatic heterocycles. The Morgan fingerprint density at radius 3 is 2.82 bits per heavy atom. The summed E-state index contributed by atoms with van der Waals surface area (Å²) in [6.07, 6.45) is 1.55. The van der Waals surface area contributed by atoms with Gasteiger partial charge in [0, 0.05) is 10.2 Å². The maximum Gasteiger partial charge on any atom is 0.167 e. The number of nitrogens with one attached hydrogen (secondary N) is 1. The summed E-state index contributed by atoms with van der Waals surface area (Å²) < 4.78 is 1.48. The van der Waals surface area contributed by atoms with Crippen LogP contribution in [0.2, 0.25) is 4.34 Å². The summed E-state index contributed by atoms with van der Waals surface area (Å²) in [4.78, 5) is 4.10. The first-order valence-corrected chi connectivity index (χ1v) is 6.71. The van der Waals surface area contributed by atoms with Crippen LogP contribution in [-0.4, -0.2) is 4.98 Å². The maximum absolute atomic E-state index is 9.14. The molecule has 1 atom stereocenters. The van der Waals surface area contributed by atoms with Crippen LogP contribution in [-0.2, 0) is 0 Å². The number of anilines is 1. The second kappa shape index (κ2) is 5.50. The molecule has 0 saturated carbocycles. The normalized spacial score (nSPS) is 11.8. The number of thiazole rings is 1. The van der Waals surface area contributed by atoms with E-state index >= 15 is 0 Å². The fourth-order valence-corrected chi connectivity index (χ4v) is 2.61. The average Bonchev–Trinajstić information content (AvgIpc) is 2.75. The fourth-order valence-electron chi connectivity index (χ4n) is 1.28. The summed E-state index contributed by atoms with van der Waals surface area (Å²) in [5.74, 6) is 0. The van der Waals surface area contributed by atoms with Crippen LogP contribution in [0.3, 0.4) is 0 Å². The molecular formula is C11H7BrClN3S. The van der Waals surface area contributed by atoms with Gasteiger partial charge in [-0.25, -0.2) is 4.98 Å². The van der Waals surface area contributed by atoms with Crippen molar-refractivity contribution in [2.75, 3.05) is 5.32 Å². The molecular weight excluding hydrogens is 322 g/mol. The summed E-state index contributed by atoms with van der Waals surface area (Å²) in [6, 6.07) is 9.28. The highest BCUT2D eigenvalue weighted by Crippen LogP contribution is 2.29. The minimum Gasteiger partial charge on any atom is -0.363 e. The average molecular weight is 329 g/mol. The zero-order chi connectivity index (χ0) is 12.3. The molecule has 0 radical (unpaired) electrons. The van der Waals surface area contributed by atoms with E-state index in [4.69, 9.17) is 16.9 Å². The molecule has 0 saturated heterocycles. The Kier molecular flexibility index (Phi) is 4.00. The molecule has 0 aliphatic rings. The molecule has 1 heterocycles. The van der Waals surface area contributed by atoms with E-state index in [1.807, 2.05) is 24.3 Å². The SMILES string of the molecule is N#CC(Nc1ccccc1Br)c1ncc(Cl)s1. The van der Waals surface area contributed by atoms with Crippen LogP contribution < -0.4 is 5.32 Å². The first kappa shape index (κ1) is 12.4. The van der Waals surface area contributed by atoms with Gasteiger partial charge in [0.1, 0.15) is 9.34 Å². The van der Waals surface area contributed by atoms with Gasteiger partial charge in [-0.15, -0.1) is 11.3 Å². The fraction of sp³-hybridized carbons (Fsp3) is 0.0909. The molecule has 2 aromatic rings. The molecule has 0 spiro atoms. The first-order chi connectivity index (χ1) is 8.20. The number of halogens is 2. The summed E-state index contributed by atoms with van der Waals surface area (Å²) >= 11 is 10.5. The highest BCUT2D eigenvalue weighted by molar-refractivity contribution is 9.10. The molecule has 0 aliphatic heterocycles. The highest BCUT2D eigenvalue weighted by Gasteiger charge is 2.15. The molecule has 1 unspecified atom stereocenters. The smallest absolute Gasteiger partial charge is 0.167 e. The Morgan fingerprint density at radius 1 is 1.47 bits per heavy atom. The van der Waals surface area contributed by atoms with Crippen molar-refractivity contribution < 1.29 is 0 Å². The molecule has 86 valence electrons. The monoisotopic (exact) mass is 327 g/mol. The topological polar surface area (TPSA) is 48.7 Å². The van der Waals surface area contributed by atoms with Gasteiger partial charge < -0.3 is 5.32 Å². The minimum atomic E-state index is -0.494. The van der Waals surface area contributed by atoms with Crippen LogP contribution in [0.4, 0.5) is 5.69 Å². The van der Waals surface area contributed by atoms with Crippen LogP contribution in [0.25, 0.3) is 0 Å². The van der Waals surface area contributed by atoms with Crippen LogP contribution >= 0.6 is 38.9 Å². The number of hydrogen-bond acceptors (Lipinski definition) is 4. The summed E-state index contributed by atoms with van der Waals surface area (Å²) in [5, 5.41) is 12.9. The lowest BCUT2D eigenvalue weighted by atomic mass is 10.2. The number of benzene rings is 1. The second-order valence-corrected chi connectivity index (χ2v) is 5.74. The van der Waals surface area contributed by atoms with Gasteiger partial charge in [-0.1, -0.05) is 23.7 Å². The number of hydrogen-bond donors (Lipinski definition) is 1. The first-order valence-electron chi connectivity index (χ1n) is 4.72. The van der Waals surface area contributed by atoms with Crippen molar-refractivity contribution in [2.45, 2.75) is 6.04 Å². The third kappa shape index (κ3) is 2.97. The third-order valence-electron chi connectivity index (χ3n) is 2.05. The Balaban J connectivity index is 2.22. The summed E-state index contributed by atoms with van der Waals surface area (Å²) in [7, 11) is 0. The van der Waals surface area contributed by atoms with Crippen molar-refractivity contribution in [1.29, 1.82) is 5.26 Å². The Labute approximate surface area is 116 Å². The zero-order valence-electron chi connectivity index (χ0n) is 8.52. The maximum atomic E-state index is 9.14. The number of rotatable bonds is 3.